The molecule has 146 valence electrons. The molecular weight excluding hydrogens is 435 g/mol. The molecule has 2 N–H and O–H groups in total. The SMILES string of the molecule is CCOc1ccc(S(=O)(=O)N[C@@H](C)C(=O)Nc2ccc(Cl)c(Cl)c2)cc1Cl. The maximum Gasteiger partial charge on any atom is 0.242 e. The summed E-state index contributed by atoms with van der Waals surface area (Å²) in [6, 6.07) is 7.57. The molecular formula is C17H17Cl3N2O4S. The molecule has 6 nitrogen and oxygen atoms in total. The normalized spacial score (nSPS) is 12.5. The van der Waals surface area contributed by atoms with Crippen LogP contribution in [-0.2, 0) is 14.8 Å². The van der Waals surface area contributed by atoms with Gasteiger partial charge in [-0.15, -0.1) is 0 Å². The number of nitrogens with one attached hydrogen (secondary N) is 2. The van der Waals surface area contributed by atoms with Crippen LogP contribution in [0.15, 0.2) is 41.3 Å². The van der Waals surface area contributed by atoms with Crippen LogP contribution < -0.4 is 14.8 Å². The molecule has 0 radical (unpaired) electrons. The Kier molecular flexibility index (Phi) is 7.36. The lowest BCUT2D eigenvalue weighted by Crippen LogP contribution is -2.41. The Morgan fingerprint density at radius 1 is 1.07 bits per heavy atom. The number of carbonyl (C=O) groups excluding carboxylic acids is 1. The predicted molar refractivity (Wildman–Crippen MR) is 107 cm³/mol. The second-order valence-electron chi connectivity index (χ2n) is 5.49. The molecule has 2 aromatic rings. The summed E-state index contributed by atoms with van der Waals surface area (Å²) in [4.78, 5) is 12.2. The van der Waals surface area contributed by atoms with Gasteiger partial charge in [0.05, 0.1) is 32.6 Å². The summed E-state index contributed by atoms with van der Waals surface area (Å²) in [5.41, 5.74) is 0.393. The molecule has 0 heterocycles. The van der Waals surface area contributed by atoms with Crippen molar-refractivity contribution in [1.82, 2.24) is 4.72 Å². The highest BCUT2D eigenvalue weighted by Crippen LogP contribution is 2.28. The van der Waals surface area contributed by atoms with E-state index < -0.39 is 22.0 Å². The lowest BCUT2D eigenvalue weighted by molar-refractivity contribution is -0.117. The molecule has 1 atom stereocenters. The number of sulfonamides is 1. The van der Waals surface area contributed by atoms with Gasteiger partial charge in [-0.1, -0.05) is 34.8 Å². The van der Waals surface area contributed by atoms with Crippen LogP contribution in [0.5, 0.6) is 5.75 Å². The van der Waals surface area contributed by atoms with Gasteiger partial charge in [-0.05, 0) is 50.2 Å². The van der Waals surface area contributed by atoms with Gasteiger partial charge < -0.3 is 10.1 Å². The fourth-order valence-electron chi connectivity index (χ4n) is 2.10. The zero-order valence-electron chi connectivity index (χ0n) is 14.4. The van der Waals surface area contributed by atoms with E-state index in [4.69, 9.17) is 39.5 Å². The smallest absolute Gasteiger partial charge is 0.242 e. The van der Waals surface area contributed by atoms with E-state index in [1.165, 1.54) is 37.3 Å². The van der Waals surface area contributed by atoms with Crippen LogP contribution in [0, 0.1) is 0 Å². The highest BCUT2D eigenvalue weighted by Gasteiger charge is 2.23. The molecule has 1 amide bonds. The first-order chi connectivity index (χ1) is 12.6. The average Bonchev–Trinajstić information content (AvgIpc) is 2.59. The molecule has 0 spiro atoms. The fourth-order valence-corrected chi connectivity index (χ4v) is 3.93. The number of benzene rings is 2. The number of anilines is 1. The van der Waals surface area contributed by atoms with Crippen molar-refractivity contribution in [3.8, 4) is 5.75 Å². The standard InChI is InChI=1S/C17H17Cl3N2O4S/c1-3-26-16-7-5-12(9-15(16)20)27(24,25)22-10(2)17(23)21-11-4-6-13(18)14(19)8-11/h4-10,22H,3H2,1-2H3,(H,21,23)/t10-/m0/s1. The monoisotopic (exact) mass is 450 g/mol. The quantitative estimate of drug-likeness (QED) is 0.655. The summed E-state index contributed by atoms with van der Waals surface area (Å²) >= 11 is 17.7. The average molecular weight is 452 g/mol. The summed E-state index contributed by atoms with van der Waals surface area (Å²) < 4.78 is 32.6. The van der Waals surface area contributed by atoms with Gasteiger partial charge in [-0.25, -0.2) is 8.42 Å². The Bertz CT molecular complexity index is 951. The van der Waals surface area contributed by atoms with Crippen molar-refractivity contribution in [3.63, 3.8) is 0 Å². The third-order valence-corrected chi connectivity index (χ3v) is 6.00. The number of hydrogen-bond acceptors (Lipinski definition) is 4. The van der Waals surface area contributed by atoms with Crippen LogP contribution in [0.1, 0.15) is 13.8 Å². The van der Waals surface area contributed by atoms with Gasteiger partial charge in [-0.2, -0.15) is 4.72 Å². The van der Waals surface area contributed by atoms with Crippen molar-refractivity contribution >= 4 is 56.4 Å². The molecule has 10 heteroatoms. The molecule has 0 saturated heterocycles. The van der Waals surface area contributed by atoms with Crippen LogP contribution in [0.25, 0.3) is 0 Å². The van der Waals surface area contributed by atoms with E-state index in [0.717, 1.165) is 0 Å². The Hall–Kier alpha value is -1.51. The molecule has 0 aliphatic heterocycles. The first-order valence-corrected chi connectivity index (χ1v) is 10.5. The highest BCUT2D eigenvalue weighted by molar-refractivity contribution is 7.89. The first kappa shape index (κ1) is 21.8. The second-order valence-corrected chi connectivity index (χ2v) is 8.42. The number of carbonyl (C=O) groups is 1. The maximum absolute atomic E-state index is 12.5. The van der Waals surface area contributed by atoms with Crippen LogP contribution in [0.3, 0.4) is 0 Å². The summed E-state index contributed by atoms with van der Waals surface area (Å²) in [6.45, 7) is 3.60. The topological polar surface area (TPSA) is 84.5 Å². The largest absolute Gasteiger partial charge is 0.492 e. The van der Waals surface area contributed by atoms with Crippen molar-refractivity contribution in [3.05, 3.63) is 51.5 Å². The van der Waals surface area contributed by atoms with Crippen molar-refractivity contribution in [2.45, 2.75) is 24.8 Å². The number of ether oxygens (including phenoxy) is 1. The number of halogens is 3. The molecule has 2 aromatic carbocycles. The Morgan fingerprint density at radius 2 is 1.78 bits per heavy atom. The van der Waals surface area contributed by atoms with Gasteiger partial charge in [0.25, 0.3) is 0 Å². The second kappa shape index (κ2) is 9.12. The lowest BCUT2D eigenvalue weighted by atomic mass is 10.3. The van der Waals surface area contributed by atoms with E-state index >= 15 is 0 Å². The molecule has 0 bridgehead atoms. The number of hydrogen-bond donors (Lipinski definition) is 2. The van der Waals surface area contributed by atoms with Gasteiger partial charge in [0, 0.05) is 5.69 Å². The molecule has 0 aromatic heterocycles. The maximum atomic E-state index is 12.5. The minimum Gasteiger partial charge on any atom is -0.492 e. The van der Waals surface area contributed by atoms with E-state index in [1.54, 1.807) is 13.0 Å². The van der Waals surface area contributed by atoms with E-state index in [1.807, 2.05) is 0 Å². The minimum atomic E-state index is -3.96. The molecule has 0 unspecified atom stereocenters. The predicted octanol–water partition coefficient (Wildman–Crippen LogP) is 4.35. The third-order valence-electron chi connectivity index (χ3n) is 3.43. The zero-order chi connectivity index (χ0) is 20.2. The number of amides is 1. The Labute approximate surface area is 172 Å². The Balaban J connectivity index is 2.10. The van der Waals surface area contributed by atoms with Crippen LogP contribution in [-0.4, -0.2) is 27.0 Å². The summed E-state index contributed by atoms with van der Waals surface area (Å²) in [7, 11) is -3.96. The fraction of sp³-hybridized carbons (Fsp3) is 0.235. The van der Waals surface area contributed by atoms with Gasteiger partial charge in [0.15, 0.2) is 0 Å². The van der Waals surface area contributed by atoms with Crippen molar-refractivity contribution in [1.29, 1.82) is 0 Å². The van der Waals surface area contributed by atoms with Crippen LogP contribution in [0.4, 0.5) is 5.69 Å². The van der Waals surface area contributed by atoms with Crippen LogP contribution in [0.2, 0.25) is 15.1 Å². The third kappa shape index (κ3) is 5.73. The van der Waals surface area contributed by atoms with E-state index in [-0.39, 0.29) is 14.9 Å². The van der Waals surface area contributed by atoms with Crippen molar-refractivity contribution in [2.75, 3.05) is 11.9 Å². The summed E-state index contributed by atoms with van der Waals surface area (Å²) in [5.74, 6) is -0.183. The van der Waals surface area contributed by atoms with Gasteiger partial charge in [0.2, 0.25) is 15.9 Å². The van der Waals surface area contributed by atoms with Crippen molar-refractivity contribution < 1.29 is 17.9 Å². The van der Waals surface area contributed by atoms with Crippen LogP contribution >= 0.6 is 34.8 Å². The summed E-state index contributed by atoms with van der Waals surface area (Å²) in [5, 5.41) is 3.34. The Morgan fingerprint density at radius 3 is 2.37 bits per heavy atom. The van der Waals surface area contributed by atoms with Gasteiger partial charge in [0.1, 0.15) is 5.75 Å². The van der Waals surface area contributed by atoms with Crippen molar-refractivity contribution in [2.24, 2.45) is 0 Å². The lowest BCUT2D eigenvalue weighted by Gasteiger charge is -2.15. The molecule has 0 saturated carbocycles. The van der Waals surface area contributed by atoms with E-state index in [2.05, 4.69) is 10.0 Å². The van der Waals surface area contributed by atoms with Gasteiger partial charge in [-0.3, -0.25) is 4.79 Å². The van der Waals surface area contributed by atoms with E-state index in [0.29, 0.717) is 23.1 Å². The molecule has 2 rings (SSSR count). The minimum absolute atomic E-state index is 0.0786. The molecule has 27 heavy (non-hydrogen) atoms. The summed E-state index contributed by atoms with van der Waals surface area (Å²) in [6.07, 6.45) is 0. The highest BCUT2D eigenvalue weighted by atomic mass is 35.5. The molecule has 0 aliphatic carbocycles. The number of rotatable bonds is 7. The molecule has 0 fully saturated rings. The van der Waals surface area contributed by atoms with E-state index in [9.17, 15) is 13.2 Å². The zero-order valence-corrected chi connectivity index (χ0v) is 17.5. The van der Waals surface area contributed by atoms with Gasteiger partial charge >= 0.3 is 0 Å². The first-order valence-electron chi connectivity index (χ1n) is 7.84. The molecule has 0 aliphatic rings.